The van der Waals surface area contributed by atoms with E-state index < -0.39 is 0 Å². The molecular formula is C8H15NS. The summed E-state index contributed by atoms with van der Waals surface area (Å²) in [5.41, 5.74) is 0. The van der Waals surface area contributed by atoms with Crippen LogP contribution in [0.15, 0.2) is 0 Å². The molecule has 0 bridgehead atoms. The minimum atomic E-state index is 0.822. The fourth-order valence-electron chi connectivity index (χ4n) is 2.01. The van der Waals surface area contributed by atoms with Crippen molar-refractivity contribution < 1.29 is 0 Å². The Bertz CT molecular complexity index is 89.8. The van der Waals surface area contributed by atoms with Gasteiger partial charge in [0.1, 0.15) is 0 Å². The summed E-state index contributed by atoms with van der Waals surface area (Å²) in [6, 6.07) is 0. The first-order chi connectivity index (χ1) is 4.97. The second-order valence-electron chi connectivity index (χ2n) is 3.29. The molecule has 0 aromatic heterocycles. The molecule has 2 heteroatoms. The smallest absolute Gasteiger partial charge is 0.0561 e. The number of rotatable bonds is 1. The lowest BCUT2D eigenvalue weighted by molar-refractivity contribution is 0.478. The lowest BCUT2D eigenvalue weighted by atomic mass is 10.1. The molecule has 2 aliphatic rings. The minimum absolute atomic E-state index is 0.822. The van der Waals surface area contributed by atoms with Gasteiger partial charge in [-0.2, -0.15) is 0 Å². The largest absolute Gasteiger partial charge is 0.304 e. The van der Waals surface area contributed by atoms with E-state index in [4.69, 9.17) is 0 Å². The molecule has 1 unspecified atom stereocenters. The van der Waals surface area contributed by atoms with Crippen LogP contribution in [0, 0.1) is 5.92 Å². The highest BCUT2D eigenvalue weighted by molar-refractivity contribution is 8.00. The van der Waals surface area contributed by atoms with Gasteiger partial charge in [0, 0.05) is 12.3 Å². The van der Waals surface area contributed by atoms with Crippen molar-refractivity contribution in [2.24, 2.45) is 5.92 Å². The molecule has 1 nitrogen and oxygen atoms in total. The number of thioether (sulfide) groups is 1. The maximum atomic E-state index is 3.56. The van der Waals surface area contributed by atoms with E-state index in [9.17, 15) is 0 Å². The van der Waals surface area contributed by atoms with Crippen LogP contribution in [0.5, 0.6) is 0 Å². The van der Waals surface area contributed by atoms with Crippen molar-refractivity contribution in [2.45, 2.75) is 31.1 Å². The number of hydrogen-bond acceptors (Lipinski definition) is 2. The first kappa shape index (κ1) is 6.99. The second kappa shape index (κ2) is 3.14. The highest BCUT2D eigenvalue weighted by atomic mass is 32.2. The zero-order valence-electron chi connectivity index (χ0n) is 6.31. The molecule has 2 rings (SSSR count). The summed E-state index contributed by atoms with van der Waals surface area (Å²) in [7, 11) is 0. The Balaban J connectivity index is 1.85. The van der Waals surface area contributed by atoms with E-state index in [0.717, 1.165) is 11.3 Å². The zero-order valence-corrected chi connectivity index (χ0v) is 7.12. The minimum Gasteiger partial charge on any atom is -0.304 e. The second-order valence-corrected chi connectivity index (χ2v) is 4.54. The maximum Gasteiger partial charge on any atom is 0.0561 e. The van der Waals surface area contributed by atoms with E-state index in [1.165, 1.54) is 38.0 Å². The van der Waals surface area contributed by atoms with Gasteiger partial charge in [0.2, 0.25) is 0 Å². The van der Waals surface area contributed by atoms with Crippen molar-refractivity contribution in [3.8, 4) is 0 Å². The first-order valence-electron chi connectivity index (χ1n) is 4.32. The van der Waals surface area contributed by atoms with E-state index >= 15 is 0 Å². The van der Waals surface area contributed by atoms with Gasteiger partial charge in [0.05, 0.1) is 5.37 Å². The van der Waals surface area contributed by atoms with Crippen LogP contribution in [-0.4, -0.2) is 17.7 Å². The highest BCUT2D eigenvalue weighted by Crippen LogP contribution is 2.34. The molecule has 1 aliphatic carbocycles. The third kappa shape index (κ3) is 1.32. The normalized spacial score (nSPS) is 35.4. The summed E-state index contributed by atoms with van der Waals surface area (Å²) in [4.78, 5) is 0. The Kier molecular flexibility index (Phi) is 2.19. The quantitative estimate of drug-likeness (QED) is 0.623. The maximum absolute atomic E-state index is 3.56. The average Bonchev–Trinajstić information content (AvgIpc) is 2.59. The van der Waals surface area contributed by atoms with E-state index in [0.29, 0.717) is 0 Å². The summed E-state index contributed by atoms with van der Waals surface area (Å²) in [6.07, 6.45) is 5.90. The average molecular weight is 157 g/mol. The van der Waals surface area contributed by atoms with Crippen LogP contribution in [0.4, 0.5) is 0 Å². The molecule has 2 fully saturated rings. The summed E-state index contributed by atoms with van der Waals surface area (Å²) in [5, 5.41) is 4.38. The molecule has 0 aromatic carbocycles. The third-order valence-electron chi connectivity index (χ3n) is 2.57. The number of nitrogens with one attached hydrogen (secondary N) is 1. The van der Waals surface area contributed by atoms with Gasteiger partial charge in [-0.3, -0.25) is 0 Å². The van der Waals surface area contributed by atoms with Crippen LogP contribution in [0.1, 0.15) is 25.7 Å². The summed E-state index contributed by atoms with van der Waals surface area (Å²) < 4.78 is 0. The third-order valence-corrected chi connectivity index (χ3v) is 3.92. The molecule has 1 atom stereocenters. The van der Waals surface area contributed by atoms with Crippen molar-refractivity contribution in [2.75, 3.05) is 12.3 Å². The topological polar surface area (TPSA) is 12.0 Å². The van der Waals surface area contributed by atoms with Crippen molar-refractivity contribution >= 4 is 11.8 Å². The van der Waals surface area contributed by atoms with E-state index in [-0.39, 0.29) is 0 Å². The molecule has 58 valence electrons. The first-order valence-corrected chi connectivity index (χ1v) is 5.37. The molecule has 0 radical (unpaired) electrons. The zero-order chi connectivity index (χ0) is 6.81. The van der Waals surface area contributed by atoms with Gasteiger partial charge in [-0.15, -0.1) is 11.8 Å². The summed E-state index contributed by atoms with van der Waals surface area (Å²) in [5.74, 6) is 2.34. The monoisotopic (exact) mass is 157 g/mol. The van der Waals surface area contributed by atoms with Crippen LogP contribution < -0.4 is 5.32 Å². The molecular weight excluding hydrogens is 142 g/mol. The van der Waals surface area contributed by atoms with Crippen LogP contribution in [-0.2, 0) is 0 Å². The SMILES string of the molecule is C1CCC(C2NCCS2)C1. The molecule has 1 saturated heterocycles. The van der Waals surface area contributed by atoms with Crippen molar-refractivity contribution in [1.29, 1.82) is 0 Å². The van der Waals surface area contributed by atoms with Gasteiger partial charge in [-0.25, -0.2) is 0 Å². The van der Waals surface area contributed by atoms with Crippen LogP contribution in [0.2, 0.25) is 0 Å². The molecule has 1 N–H and O–H groups in total. The lowest BCUT2D eigenvalue weighted by Gasteiger charge is -2.16. The Hall–Kier alpha value is 0.310. The van der Waals surface area contributed by atoms with Gasteiger partial charge in [0.15, 0.2) is 0 Å². The van der Waals surface area contributed by atoms with E-state index in [1.807, 2.05) is 0 Å². The highest BCUT2D eigenvalue weighted by Gasteiger charge is 2.27. The van der Waals surface area contributed by atoms with Gasteiger partial charge >= 0.3 is 0 Å². The van der Waals surface area contributed by atoms with Gasteiger partial charge in [-0.1, -0.05) is 12.8 Å². The molecule has 1 heterocycles. The molecule has 10 heavy (non-hydrogen) atoms. The van der Waals surface area contributed by atoms with Crippen LogP contribution >= 0.6 is 11.8 Å². The molecule has 1 aliphatic heterocycles. The van der Waals surface area contributed by atoms with E-state index in [1.54, 1.807) is 0 Å². The Morgan fingerprint density at radius 2 is 2.00 bits per heavy atom. The van der Waals surface area contributed by atoms with Crippen LogP contribution in [0.3, 0.4) is 0 Å². The van der Waals surface area contributed by atoms with Crippen molar-refractivity contribution in [3.63, 3.8) is 0 Å². The summed E-state index contributed by atoms with van der Waals surface area (Å²) >= 11 is 2.13. The van der Waals surface area contributed by atoms with E-state index in [2.05, 4.69) is 17.1 Å². The van der Waals surface area contributed by atoms with Crippen molar-refractivity contribution in [3.05, 3.63) is 0 Å². The molecule has 0 spiro atoms. The molecule has 0 aromatic rings. The van der Waals surface area contributed by atoms with Crippen molar-refractivity contribution in [1.82, 2.24) is 5.32 Å². The summed E-state index contributed by atoms with van der Waals surface area (Å²) in [6.45, 7) is 1.24. The Morgan fingerprint density at radius 1 is 1.20 bits per heavy atom. The fourth-order valence-corrected chi connectivity index (χ4v) is 3.28. The lowest BCUT2D eigenvalue weighted by Crippen LogP contribution is -2.26. The number of hydrogen-bond donors (Lipinski definition) is 1. The van der Waals surface area contributed by atoms with Gasteiger partial charge in [-0.05, 0) is 18.8 Å². The standard InChI is InChI=1S/C8H15NS/c1-2-4-7(3-1)8-9-5-6-10-8/h7-9H,1-6H2. The Morgan fingerprint density at radius 3 is 2.60 bits per heavy atom. The fraction of sp³-hybridized carbons (Fsp3) is 1.00. The predicted octanol–water partition coefficient (Wildman–Crippen LogP) is 1.84. The molecule has 0 amide bonds. The predicted molar refractivity (Wildman–Crippen MR) is 46.2 cm³/mol. The van der Waals surface area contributed by atoms with Crippen LogP contribution in [0.25, 0.3) is 0 Å². The Labute approximate surface area is 67.0 Å². The van der Waals surface area contributed by atoms with Gasteiger partial charge in [0.25, 0.3) is 0 Å². The van der Waals surface area contributed by atoms with Gasteiger partial charge < -0.3 is 5.32 Å². The molecule has 1 saturated carbocycles.